The van der Waals surface area contributed by atoms with Crippen LogP contribution < -0.4 is 4.74 Å². The molecule has 3 heteroatoms. The Morgan fingerprint density at radius 1 is 1.40 bits per heavy atom. The minimum atomic E-state index is -0.835. The minimum Gasteiger partial charge on any atom is -0.496 e. The highest BCUT2D eigenvalue weighted by molar-refractivity contribution is 5.46. The van der Waals surface area contributed by atoms with E-state index in [0.717, 1.165) is 23.3 Å². The highest BCUT2D eigenvalue weighted by atomic mass is 16.5. The number of methoxy groups -OCH3 is 2. The third kappa shape index (κ3) is 1.62. The molecule has 0 heterocycles. The third-order valence-corrected chi connectivity index (χ3v) is 3.03. The van der Waals surface area contributed by atoms with Crippen LogP contribution >= 0.6 is 0 Å². The molecule has 0 radical (unpaired) electrons. The molecule has 1 aliphatic carbocycles. The van der Waals surface area contributed by atoms with Crippen LogP contribution in [-0.2, 0) is 16.8 Å². The normalized spacial score (nSPS) is 23.9. The maximum Gasteiger partial charge on any atom is 0.122 e. The lowest BCUT2D eigenvalue weighted by atomic mass is 9.97. The van der Waals surface area contributed by atoms with Gasteiger partial charge in [-0.3, -0.25) is 0 Å². The Kier molecular flexibility index (Phi) is 2.67. The number of rotatable bonds is 3. The Bertz CT molecular complexity index is 362. The molecule has 1 atom stereocenters. The summed E-state index contributed by atoms with van der Waals surface area (Å²) in [6, 6.07) is 5.78. The summed E-state index contributed by atoms with van der Waals surface area (Å²) in [6.07, 6.45) is 1.55. The summed E-state index contributed by atoms with van der Waals surface area (Å²) in [7, 11) is 3.26. The first-order valence-corrected chi connectivity index (χ1v) is 5.09. The third-order valence-electron chi connectivity index (χ3n) is 3.03. The summed E-state index contributed by atoms with van der Waals surface area (Å²) in [4.78, 5) is 0. The molecule has 1 unspecified atom stereocenters. The highest BCUT2D eigenvalue weighted by Gasteiger charge is 2.37. The van der Waals surface area contributed by atoms with E-state index < -0.39 is 5.60 Å². The first-order chi connectivity index (χ1) is 7.21. The molecule has 2 rings (SSSR count). The van der Waals surface area contributed by atoms with E-state index in [-0.39, 0.29) is 0 Å². The van der Waals surface area contributed by atoms with E-state index >= 15 is 0 Å². The van der Waals surface area contributed by atoms with E-state index in [9.17, 15) is 5.11 Å². The van der Waals surface area contributed by atoms with Crippen LogP contribution in [0.15, 0.2) is 18.2 Å². The van der Waals surface area contributed by atoms with E-state index in [0.29, 0.717) is 13.0 Å². The molecule has 3 nitrogen and oxygen atoms in total. The smallest absolute Gasteiger partial charge is 0.122 e. The molecule has 1 N–H and O–H groups in total. The molecule has 0 bridgehead atoms. The van der Waals surface area contributed by atoms with Gasteiger partial charge in [-0.15, -0.1) is 0 Å². The topological polar surface area (TPSA) is 38.7 Å². The second-order valence-corrected chi connectivity index (χ2v) is 3.95. The maximum atomic E-state index is 10.4. The van der Waals surface area contributed by atoms with Crippen molar-refractivity contribution in [2.24, 2.45) is 0 Å². The Labute approximate surface area is 89.6 Å². The Hall–Kier alpha value is -1.06. The van der Waals surface area contributed by atoms with Gasteiger partial charge in [0.15, 0.2) is 0 Å². The molecule has 0 aliphatic heterocycles. The molecule has 1 aliphatic rings. The van der Waals surface area contributed by atoms with Crippen molar-refractivity contribution in [1.29, 1.82) is 0 Å². The molecule has 0 aromatic heterocycles. The van der Waals surface area contributed by atoms with Crippen LogP contribution in [0.4, 0.5) is 0 Å². The zero-order valence-corrected chi connectivity index (χ0v) is 9.12. The number of fused-ring (bicyclic) bond motifs is 1. The number of ether oxygens (including phenoxy) is 2. The van der Waals surface area contributed by atoms with Crippen molar-refractivity contribution in [1.82, 2.24) is 0 Å². The molecular formula is C12H16O3. The second kappa shape index (κ2) is 3.83. The molecule has 82 valence electrons. The van der Waals surface area contributed by atoms with Gasteiger partial charge in [0.05, 0.1) is 13.7 Å². The van der Waals surface area contributed by atoms with Crippen LogP contribution in [0.2, 0.25) is 0 Å². The van der Waals surface area contributed by atoms with E-state index in [4.69, 9.17) is 9.47 Å². The van der Waals surface area contributed by atoms with Crippen LogP contribution in [0.1, 0.15) is 17.5 Å². The fraction of sp³-hybridized carbons (Fsp3) is 0.500. The molecule has 1 aromatic rings. The van der Waals surface area contributed by atoms with Crippen molar-refractivity contribution in [2.45, 2.75) is 18.4 Å². The number of benzene rings is 1. The fourth-order valence-corrected chi connectivity index (χ4v) is 2.31. The Morgan fingerprint density at radius 2 is 2.20 bits per heavy atom. The van der Waals surface area contributed by atoms with Crippen molar-refractivity contribution >= 4 is 0 Å². The monoisotopic (exact) mass is 208 g/mol. The standard InChI is InChI=1S/C12H16O3/c1-14-8-12(13)7-6-9-10(12)4-3-5-11(9)15-2/h3-5,13H,6-8H2,1-2H3. The van der Waals surface area contributed by atoms with E-state index in [2.05, 4.69) is 0 Å². The van der Waals surface area contributed by atoms with Crippen molar-refractivity contribution in [3.8, 4) is 5.75 Å². The van der Waals surface area contributed by atoms with Crippen LogP contribution in [0.5, 0.6) is 5.75 Å². The van der Waals surface area contributed by atoms with Crippen molar-refractivity contribution in [2.75, 3.05) is 20.8 Å². The number of aliphatic hydroxyl groups is 1. The van der Waals surface area contributed by atoms with Gasteiger partial charge in [0.25, 0.3) is 0 Å². The predicted molar refractivity (Wildman–Crippen MR) is 57.1 cm³/mol. The molecule has 15 heavy (non-hydrogen) atoms. The van der Waals surface area contributed by atoms with Crippen LogP contribution in [0.3, 0.4) is 0 Å². The van der Waals surface area contributed by atoms with E-state index in [1.807, 2.05) is 18.2 Å². The van der Waals surface area contributed by atoms with Crippen molar-refractivity contribution in [3.63, 3.8) is 0 Å². The molecule has 0 fully saturated rings. The molecule has 0 spiro atoms. The summed E-state index contributed by atoms with van der Waals surface area (Å²) in [5, 5.41) is 10.4. The fourth-order valence-electron chi connectivity index (χ4n) is 2.31. The molecule has 0 saturated heterocycles. The summed E-state index contributed by atoms with van der Waals surface area (Å²) < 4.78 is 10.3. The van der Waals surface area contributed by atoms with Crippen LogP contribution in [0.25, 0.3) is 0 Å². The summed E-state index contributed by atoms with van der Waals surface area (Å²) in [6.45, 7) is 0.340. The van der Waals surface area contributed by atoms with E-state index in [1.54, 1.807) is 14.2 Å². The van der Waals surface area contributed by atoms with Gasteiger partial charge in [-0.1, -0.05) is 12.1 Å². The maximum absolute atomic E-state index is 10.4. The van der Waals surface area contributed by atoms with Gasteiger partial charge in [0.1, 0.15) is 11.4 Å². The van der Waals surface area contributed by atoms with Gasteiger partial charge in [-0.05, 0) is 24.5 Å². The number of hydrogen-bond acceptors (Lipinski definition) is 3. The lowest BCUT2D eigenvalue weighted by Gasteiger charge is -2.22. The minimum absolute atomic E-state index is 0.340. The summed E-state index contributed by atoms with van der Waals surface area (Å²) >= 11 is 0. The Morgan fingerprint density at radius 3 is 2.87 bits per heavy atom. The zero-order chi connectivity index (χ0) is 10.9. The summed E-state index contributed by atoms with van der Waals surface area (Å²) in [5.74, 6) is 0.861. The summed E-state index contributed by atoms with van der Waals surface area (Å²) in [5.41, 5.74) is 1.22. The first kappa shape index (κ1) is 10.5. The van der Waals surface area contributed by atoms with Gasteiger partial charge in [0.2, 0.25) is 0 Å². The lowest BCUT2D eigenvalue weighted by molar-refractivity contribution is -0.0341. The highest BCUT2D eigenvalue weighted by Crippen LogP contribution is 2.41. The van der Waals surface area contributed by atoms with Gasteiger partial charge in [-0.2, -0.15) is 0 Å². The van der Waals surface area contributed by atoms with Crippen molar-refractivity contribution in [3.05, 3.63) is 29.3 Å². The molecule has 1 aromatic carbocycles. The lowest BCUT2D eigenvalue weighted by Crippen LogP contribution is -2.28. The predicted octanol–water partition coefficient (Wildman–Crippen LogP) is 1.48. The van der Waals surface area contributed by atoms with Gasteiger partial charge < -0.3 is 14.6 Å². The van der Waals surface area contributed by atoms with Gasteiger partial charge in [-0.25, -0.2) is 0 Å². The van der Waals surface area contributed by atoms with Crippen LogP contribution in [0, 0.1) is 0 Å². The average Bonchev–Trinajstić information content (AvgIpc) is 2.57. The Balaban J connectivity index is 2.43. The zero-order valence-electron chi connectivity index (χ0n) is 9.12. The largest absolute Gasteiger partial charge is 0.496 e. The first-order valence-electron chi connectivity index (χ1n) is 5.09. The molecule has 0 saturated carbocycles. The molecule has 0 amide bonds. The van der Waals surface area contributed by atoms with Gasteiger partial charge >= 0.3 is 0 Å². The quantitative estimate of drug-likeness (QED) is 0.817. The van der Waals surface area contributed by atoms with E-state index in [1.165, 1.54) is 0 Å². The molecular weight excluding hydrogens is 192 g/mol. The SMILES string of the molecule is COCC1(O)CCc2c(OC)cccc21. The van der Waals surface area contributed by atoms with Gasteiger partial charge in [0, 0.05) is 12.7 Å². The average molecular weight is 208 g/mol. The second-order valence-electron chi connectivity index (χ2n) is 3.95. The number of hydrogen-bond donors (Lipinski definition) is 1. The van der Waals surface area contributed by atoms with Crippen LogP contribution in [-0.4, -0.2) is 25.9 Å². The van der Waals surface area contributed by atoms with Crippen molar-refractivity contribution < 1.29 is 14.6 Å².